The van der Waals surface area contributed by atoms with Crippen molar-refractivity contribution in [2.75, 3.05) is 45.2 Å². The Morgan fingerprint density at radius 3 is 2.60 bits per heavy atom. The Balaban J connectivity index is 1.33. The Kier molecular flexibility index (Phi) is 7.26. The Bertz CT molecular complexity index is 1450. The highest BCUT2D eigenvalue weighted by Gasteiger charge is 2.44. The van der Waals surface area contributed by atoms with Crippen molar-refractivity contribution >= 4 is 45.1 Å². The van der Waals surface area contributed by atoms with Crippen LogP contribution in [0.25, 0.3) is 10.8 Å². The molecule has 2 aliphatic heterocycles. The Hall–Kier alpha value is -2.74. The largest absolute Gasteiger partial charge is 0.508 e. The van der Waals surface area contributed by atoms with E-state index in [0.717, 1.165) is 39.3 Å². The van der Waals surface area contributed by atoms with Gasteiger partial charge < -0.3 is 34.8 Å². The maximum Gasteiger partial charge on any atom is 0.318 e. The first-order chi connectivity index (χ1) is 19.1. The number of hydrogen-bond acceptors (Lipinski definition) is 9. The van der Waals surface area contributed by atoms with Gasteiger partial charge in [0.1, 0.15) is 11.6 Å². The van der Waals surface area contributed by atoms with Gasteiger partial charge in [-0.05, 0) is 73.1 Å². The van der Waals surface area contributed by atoms with Crippen molar-refractivity contribution in [1.82, 2.24) is 19.8 Å². The standard InChI is InChI=1S/C29H34IN5O5/c1-33(2)15-29(6-7-29)16-40-28-31-24-14-35(13-22(24)26(32-28)34-11-19(37)9-20(38)12-34)27(39)21-10-18(36)8-17-4-3-5-23(30)25(17)21/h3-5,8,10,19-20,36-38H,6-7,9,11-16H2,1-2H3/t19-,20-/m1/s1. The Morgan fingerprint density at radius 2 is 1.90 bits per heavy atom. The first-order valence-electron chi connectivity index (χ1n) is 13.6. The van der Waals surface area contributed by atoms with Crippen LogP contribution in [0.3, 0.4) is 0 Å². The van der Waals surface area contributed by atoms with Gasteiger partial charge in [-0.1, -0.05) is 12.1 Å². The van der Waals surface area contributed by atoms with Gasteiger partial charge >= 0.3 is 6.01 Å². The number of carbonyl (C=O) groups is 1. The smallest absolute Gasteiger partial charge is 0.318 e. The second kappa shape index (κ2) is 10.6. The van der Waals surface area contributed by atoms with Crippen molar-refractivity contribution < 1.29 is 24.9 Å². The quantitative estimate of drug-likeness (QED) is 0.329. The molecule has 0 spiro atoms. The SMILES string of the molecule is CN(C)CC1(COc2nc3c(c(N4C[C@H](O)C[C@@H](O)C4)n2)CN(C(=O)c2cc(O)cc4cccc(I)c24)C3)CC1. The zero-order valence-electron chi connectivity index (χ0n) is 22.7. The van der Waals surface area contributed by atoms with Crippen molar-refractivity contribution in [2.24, 2.45) is 5.41 Å². The summed E-state index contributed by atoms with van der Waals surface area (Å²) < 4.78 is 7.10. The number of amides is 1. The number of ether oxygens (including phenoxy) is 1. The van der Waals surface area contributed by atoms with E-state index in [1.165, 1.54) is 6.07 Å². The summed E-state index contributed by atoms with van der Waals surface area (Å²) in [7, 11) is 4.11. The molecule has 3 N–H and O–H groups in total. The Morgan fingerprint density at radius 1 is 1.15 bits per heavy atom. The summed E-state index contributed by atoms with van der Waals surface area (Å²) in [6, 6.07) is 9.16. The van der Waals surface area contributed by atoms with Crippen LogP contribution in [-0.2, 0) is 13.1 Å². The van der Waals surface area contributed by atoms with E-state index in [-0.39, 0.29) is 36.2 Å². The highest BCUT2D eigenvalue weighted by Crippen LogP contribution is 2.46. The molecule has 3 aliphatic rings. The van der Waals surface area contributed by atoms with Gasteiger partial charge in [0, 0.05) is 46.0 Å². The van der Waals surface area contributed by atoms with Gasteiger partial charge in [0.15, 0.2) is 0 Å². The van der Waals surface area contributed by atoms with Crippen LogP contribution in [0.1, 0.15) is 40.9 Å². The molecule has 1 amide bonds. The maximum atomic E-state index is 13.9. The zero-order chi connectivity index (χ0) is 28.2. The number of carbonyl (C=O) groups excluding carboxylic acids is 1. The summed E-state index contributed by atoms with van der Waals surface area (Å²) in [5.74, 6) is 0.410. The number of aromatic hydroxyl groups is 1. The van der Waals surface area contributed by atoms with Crippen molar-refractivity contribution in [1.29, 1.82) is 0 Å². The number of phenols is 1. The number of aliphatic hydroxyl groups is 2. The molecule has 0 radical (unpaired) electrons. The minimum Gasteiger partial charge on any atom is -0.508 e. The van der Waals surface area contributed by atoms with E-state index in [0.29, 0.717) is 43.2 Å². The average Bonchev–Trinajstić information content (AvgIpc) is 3.50. The zero-order valence-corrected chi connectivity index (χ0v) is 24.8. The first-order valence-corrected chi connectivity index (χ1v) is 14.7. The van der Waals surface area contributed by atoms with E-state index in [2.05, 4.69) is 41.6 Å². The van der Waals surface area contributed by atoms with E-state index < -0.39 is 12.2 Å². The van der Waals surface area contributed by atoms with Crippen molar-refractivity contribution in [2.45, 2.75) is 44.6 Å². The third kappa shape index (κ3) is 5.44. The van der Waals surface area contributed by atoms with Gasteiger partial charge in [0.25, 0.3) is 5.91 Å². The summed E-state index contributed by atoms with van der Waals surface area (Å²) >= 11 is 2.21. The maximum absolute atomic E-state index is 13.9. The monoisotopic (exact) mass is 659 g/mol. The fourth-order valence-electron chi connectivity index (χ4n) is 6.02. The molecule has 2 fully saturated rings. The molecule has 1 aromatic heterocycles. The predicted octanol–water partition coefficient (Wildman–Crippen LogP) is 2.75. The van der Waals surface area contributed by atoms with Crippen LogP contribution in [0.4, 0.5) is 5.82 Å². The molecule has 10 nitrogen and oxygen atoms in total. The fraction of sp³-hybridized carbons (Fsp3) is 0.483. The molecule has 6 rings (SSSR count). The number of β-amino-alcohol motifs (C(OH)–C–C–N with tert-alkyl or cyclic N) is 2. The topological polar surface area (TPSA) is 122 Å². The normalized spacial score (nSPS) is 21.6. The van der Waals surface area contributed by atoms with Crippen LogP contribution in [0.2, 0.25) is 0 Å². The lowest BCUT2D eigenvalue weighted by molar-refractivity contribution is 0.0644. The van der Waals surface area contributed by atoms with Crippen LogP contribution >= 0.6 is 22.6 Å². The molecule has 1 aliphatic carbocycles. The highest BCUT2D eigenvalue weighted by molar-refractivity contribution is 14.1. The van der Waals surface area contributed by atoms with Crippen LogP contribution in [0.15, 0.2) is 30.3 Å². The van der Waals surface area contributed by atoms with Gasteiger partial charge in [0.05, 0.1) is 43.2 Å². The van der Waals surface area contributed by atoms with Gasteiger partial charge in [0.2, 0.25) is 0 Å². The summed E-state index contributed by atoms with van der Waals surface area (Å²) in [6.07, 6.45) is 1.12. The van der Waals surface area contributed by atoms with Gasteiger partial charge in [-0.3, -0.25) is 4.79 Å². The first kappa shape index (κ1) is 27.4. The van der Waals surface area contributed by atoms with Crippen LogP contribution in [-0.4, -0.2) is 93.5 Å². The lowest BCUT2D eigenvalue weighted by Gasteiger charge is -2.35. The van der Waals surface area contributed by atoms with E-state index in [4.69, 9.17) is 14.7 Å². The molecule has 1 saturated carbocycles. The molecule has 2 atom stereocenters. The van der Waals surface area contributed by atoms with E-state index in [1.807, 2.05) is 23.1 Å². The molecule has 40 heavy (non-hydrogen) atoms. The number of hydrogen-bond donors (Lipinski definition) is 3. The molecule has 0 unspecified atom stereocenters. The molecular formula is C29H34IN5O5. The molecule has 3 aromatic rings. The van der Waals surface area contributed by atoms with E-state index in [9.17, 15) is 20.1 Å². The lowest BCUT2D eigenvalue weighted by Crippen LogP contribution is -2.46. The number of piperidine rings is 1. The summed E-state index contributed by atoms with van der Waals surface area (Å²) in [5, 5.41) is 32.8. The number of nitrogens with zero attached hydrogens (tertiary/aromatic N) is 5. The van der Waals surface area contributed by atoms with E-state index >= 15 is 0 Å². The van der Waals surface area contributed by atoms with Crippen molar-refractivity contribution in [3.8, 4) is 11.8 Å². The average molecular weight is 660 g/mol. The van der Waals surface area contributed by atoms with Crippen LogP contribution in [0.5, 0.6) is 11.8 Å². The van der Waals surface area contributed by atoms with E-state index in [1.54, 1.807) is 11.0 Å². The molecule has 0 bridgehead atoms. The highest BCUT2D eigenvalue weighted by atomic mass is 127. The number of aliphatic hydroxyl groups excluding tert-OH is 2. The lowest BCUT2D eigenvalue weighted by atomic mass is 10.0. The molecule has 2 aromatic carbocycles. The summed E-state index contributed by atoms with van der Waals surface area (Å²) in [6.45, 7) is 2.63. The second-order valence-electron chi connectivity index (χ2n) is 11.7. The third-order valence-corrected chi connectivity index (χ3v) is 8.89. The molecule has 3 heterocycles. The minimum atomic E-state index is -0.687. The van der Waals surface area contributed by atoms with Crippen molar-refractivity contribution in [3.05, 3.63) is 50.7 Å². The summed E-state index contributed by atoms with van der Waals surface area (Å²) in [5.41, 5.74) is 2.01. The molecule has 11 heteroatoms. The number of rotatable bonds is 7. The van der Waals surface area contributed by atoms with Gasteiger partial charge in [-0.25, -0.2) is 0 Å². The second-order valence-corrected chi connectivity index (χ2v) is 12.9. The minimum absolute atomic E-state index is 0.0359. The summed E-state index contributed by atoms with van der Waals surface area (Å²) in [4.78, 5) is 29.2. The fourth-order valence-corrected chi connectivity index (χ4v) is 6.83. The molecule has 212 valence electrons. The van der Waals surface area contributed by atoms with Crippen LogP contribution in [0, 0.1) is 8.99 Å². The predicted molar refractivity (Wildman–Crippen MR) is 158 cm³/mol. The number of halogens is 1. The molecular weight excluding hydrogens is 625 g/mol. The Labute approximate surface area is 246 Å². The van der Waals surface area contributed by atoms with Crippen LogP contribution < -0.4 is 9.64 Å². The number of aromatic nitrogens is 2. The van der Waals surface area contributed by atoms with Gasteiger partial charge in [-0.2, -0.15) is 9.97 Å². The molecule has 1 saturated heterocycles. The van der Waals surface area contributed by atoms with Gasteiger partial charge in [-0.15, -0.1) is 0 Å². The number of benzene rings is 2. The third-order valence-electron chi connectivity index (χ3n) is 7.99. The van der Waals surface area contributed by atoms with Crippen molar-refractivity contribution in [3.63, 3.8) is 0 Å². The number of anilines is 1. The number of fused-ring (bicyclic) bond motifs is 2. The number of phenolic OH excluding ortho intramolecular Hbond substituents is 1.